The molecule has 0 saturated carbocycles. The molecular weight excluding hydrogens is 259 g/mol. The lowest BCUT2D eigenvalue weighted by Crippen LogP contribution is -2.07. The summed E-state index contributed by atoms with van der Waals surface area (Å²) in [5, 5.41) is 8.91. The summed E-state index contributed by atoms with van der Waals surface area (Å²) in [4.78, 5) is -0.304. The summed E-state index contributed by atoms with van der Waals surface area (Å²) >= 11 is 5.75. The first-order chi connectivity index (χ1) is 6.91. The Morgan fingerprint density at radius 1 is 1.47 bits per heavy atom. The molecule has 0 unspecified atom stereocenters. The standard InChI is InChI=1S/C8H6Cl2N2O2S/c9-7-2-1-5(3-11)8(6(7)4-12)15(10,13)14/h1-2H,4,12H2. The number of rotatable bonds is 2. The molecule has 0 spiro atoms. The molecule has 0 atom stereocenters. The monoisotopic (exact) mass is 264 g/mol. The van der Waals surface area contributed by atoms with Crippen LogP contribution in [0.2, 0.25) is 5.02 Å². The Bertz CT molecular complexity index is 534. The van der Waals surface area contributed by atoms with E-state index < -0.39 is 9.05 Å². The minimum atomic E-state index is -4.03. The fourth-order valence-electron chi connectivity index (χ4n) is 1.16. The molecule has 0 aliphatic carbocycles. The van der Waals surface area contributed by atoms with E-state index in [1.165, 1.54) is 12.1 Å². The van der Waals surface area contributed by atoms with Gasteiger partial charge in [-0.05, 0) is 12.1 Å². The highest BCUT2D eigenvalue weighted by Crippen LogP contribution is 2.29. The molecule has 2 N–H and O–H groups in total. The van der Waals surface area contributed by atoms with Crippen LogP contribution in [0, 0.1) is 11.3 Å². The van der Waals surface area contributed by atoms with Gasteiger partial charge in [-0.25, -0.2) is 8.42 Å². The molecule has 80 valence electrons. The Balaban J connectivity index is 3.73. The minimum Gasteiger partial charge on any atom is -0.326 e. The van der Waals surface area contributed by atoms with E-state index in [2.05, 4.69) is 0 Å². The summed E-state index contributed by atoms with van der Waals surface area (Å²) in [5.41, 5.74) is 5.45. The minimum absolute atomic E-state index is 0.0603. The van der Waals surface area contributed by atoms with Gasteiger partial charge < -0.3 is 5.73 Å². The van der Waals surface area contributed by atoms with E-state index in [4.69, 9.17) is 33.3 Å². The third-order valence-electron chi connectivity index (χ3n) is 1.77. The summed E-state index contributed by atoms with van der Waals surface area (Å²) in [5.74, 6) is 0. The van der Waals surface area contributed by atoms with E-state index in [1.54, 1.807) is 6.07 Å². The molecule has 1 aromatic carbocycles. The summed E-state index contributed by atoms with van der Waals surface area (Å²) in [6.45, 7) is -0.102. The van der Waals surface area contributed by atoms with Gasteiger partial charge in [0, 0.05) is 27.8 Å². The fourth-order valence-corrected chi connectivity index (χ4v) is 2.84. The van der Waals surface area contributed by atoms with E-state index >= 15 is 0 Å². The van der Waals surface area contributed by atoms with Gasteiger partial charge in [-0.3, -0.25) is 0 Å². The van der Waals surface area contributed by atoms with Crippen molar-refractivity contribution in [3.63, 3.8) is 0 Å². The predicted octanol–water partition coefficient (Wildman–Crippen LogP) is 1.60. The number of halogens is 2. The second-order valence-electron chi connectivity index (χ2n) is 2.66. The average Bonchev–Trinajstić information content (AvgIpc) is 2.15. The average molecular weight is 265 g/mol. The first-order valence-corrected chi connectivity index (χ1v) is 6.46. The quantitative estimate of drug-likeness (QED) is 0.823. The van der Waals surface area contributed by atoms with E-state index in [-0.39, 0.29) is 27.6 Å². The maximum atomic E-state index is 11.2. The van der Waals surface area contributed by atoms with E-state index in [9.17, 15) is 8.42 Å². The lowest BCUT2D eigenvalue weighted by molar-refractivity contribution is 0.608. The molecule has 0 aromatic heterocycles. The van der Waals surface area contributed by atoms with Gasteiger partial charge >= 0.3 is 0 Å². The van der Waals surface area contributed by atoms with Crippen molar-refractivity contribution in [2.45, 2.75) is 11.4 Å². The number of hydrogen-bond donors (Lipinski definition) is 1. The van der Waals surface area contributed by atoms with Crippen LogP contribution in [-0.2, 0) is 15.6 Å². The van der Waals surface area contributed by atoms with Crippen LogP contribution in [0.15, 0.2) is 17.0 Å². The van der Waals surface area contributed by atoms with E-state index in [0.29, 0.717) is 0 Å². The zero-order chi connectivity index (χ0) is 11.6. The smallest absolute Gasteiger partial charge is 0.263 e. The van der Waals surface area contributed by atoms with Crippen molar-refractivity contribution in [1.29, 1.82) is 5.26 Å². The van der Waals surface area contributed by atoms with Gasteiger partial charge in [-0.2, -0.15) is 5.26 Å². The molecule has 1 aromatic rings. The summed E-state index contributed by atoms with van der Waals surface area (Å²) in [6, 6.07) is 4.43. The van der Waals surface area contributed by atoms with Crippen LogP contribution in [0.3, 0.4) is 0 Å². The molecule has 0 radical (unpaired) electrons. The highest BCUT2D eigenvalue weighted by atomic mass is 35.7. The van der Waals surface area contributed by atoms with Gasteiger partial charge in [0.1, 0.15) is 11.0 Å². The SMILES string of the molecule is N#Cc1ccc(Cl)c(CN)c1S(=O)(=O)Cl. The highest BCUT2D eigenvalue weighted by molar-refractivity contribution is 8.13. The molecule has 0 bridgehead atoms. The largest absolute Gasteiger partial charge is 0.326 e. The van der Waals surface area contributed by atoms with Crippen LogP contribution in [0.5, 0.6) is 0 Å². The number of nitriles is 1. The number of benzene rings is 1. The predicted molar refractivity (Wildman–Crippen MR) is 57.1 cm³/mol. The first kappa shape index (κ1) is 12.3. The molecule has 0 saturated heterocycles. The fraction of sp³-hybridized carbons (Fsp3) is 0.125. The van der Waals surface area contributed by atoms with Crippen molar-refractivity contribution < 1.29 is 8.42 Å². The van der Waals surface area contributed by atoms with Crippen molar-refractivity contribution in [1.82, 2.24) is 0 Å². The number of nitrogens with two attached hydrogens (primary N) is 1. The molecule has 15 heavy (non-hydrogen) atoms. The Kier molecular flexibility index (Phi) is 3.58. The topological polar surface area (TPSA) is 83.9 Å². The Morgan fingerprint density at radius 3 is 2.47 bits per heavy atom. The van der Waals surface area contributed by atoms with Crippen LogP contribution in [-0.4, -0.2) is 8.42 Å². The van der Waals surface area contributed by atoms with Crippen LogP contribution in [0.25, 0.3) is 0 Å². The molecular formula is C8H6Cl2N2O2S. The van der Waals surface area contributed by atoms with Crippen molar-refractivity contribution >= 4 is 31.3 Å². The number of nitrogens with zero attached hydrogens (tertiary/aromatic N) is 1. The zero-order valence-corrected chi connectivity index (χ0v) is 9.70. The molecule has 0 aliphatic heterocycles. The van der Waals surface area contributed by atoms with Crippen molar-refractivity contribution in [3.8, 4) is 6.07 Å². The van der Waals surface area contributed by atoms with E-state index in [1.807, 2.05) is 0 Å². The molecule has 0 aliphatic rings. The van der Waals surface area contributed by atoms with Crippen LogP contribution in [0.1, 0.15) is 11.1 Å². The molecule has 0 fully saturated rings. The molecule has 7 heteroatoms. The van der Waals surface area contributed by atoms with Crippen molar-refractivity contribution in [3.05, 3.63) is 28.3 Å². The zero-order valence-electron chi connectivity index (χ0n) is 7.37. The molecule has 0 heterocycles. The van der Waals surface area contributed by atoms with Gasteiger partial charge in [0.25, 0.3) is 9.05 Å². The maximum absolute atomic E-state index is 11.2. The molecule has 0 amide bonds. The van der Waals surface area contributed by atoms with E-state index in [0.717, 1.165) is 0 Å². The van der Waals surface area contributed by atoms with Gasteiger partial charge in [0.2, 0.25) is 0 Å². The lowest BCUT2D eigenvalue weighted by Gasteiger charge is -2.08. The lowest BCUT2D eigenvalue weighted by atomic mass is 10.1. The van der Waals surface area contributed by atoms with Gasteiger partial charge in [0.05, 0.1) is 5.56 Å². The van der Waals surface area contributed by atoms with Crippen molar-refractivity contribution in [2.24, 2.45) is 5.73 Å². The second kappa shape index (κ2) is 4.37. The number of hydrogen-bond acceptors (Lipinski definition) is 4. The van der Waals surface area contributed by atoms with Crippen LogP contribution < -0.4 is 5.73 Å². The summed E-state index contributed by atoms with van der Waals surface area (Å²) in [6.07, 6.45) is 0. The Labute approximate surface area is 96.6 Å². The summed E-state index contributed by atoms with van der Waals surface area (Å²) < 4.78 is 22.5. The highest BCUT2D eigenvalue weighted by Gasteiger charge is 2.21. The molecule has 1 rings (SSSR count). The third-order valence-corrected chi connectivity index (χ3v) is 3.54. The second-order valence-corrected chi connectivity index (χ2v) is 5.57. The molecule has 4 nitrogen and oxygen atoms in total. The van der Waals surface area contributed by atoms with Gasteiger partial charge in [-0.1, -0.05) is 11.6 Å². The third kappa shape index (κ3) is 2.41. The van der Waals surface area contributed by atoms with Crippen molar-refractivity contribution in [2.75, 3.05) is 0 Å². The maximum Gasteiger partial charge on any atom is 0.263 e. The van der Waals surface area contributed by atoms with Gasteiger partial charge in [0.15, 0.2) is 0 Å². The van der Waals surface area contributed by atoms with Crippen LogP contribution in [0.4, 0.5) is 0 Å². The normalized spacial score (nSPS) is 11.1. The van der Waals surface area contributed by atoms with Crippen LogP contribution >= 0.6 is 22.3 Å². The first-order valence-electron chi connectivity index (χ1n) is 3.78. The Hall–Kier alpha value is -0.800. The summed E-state index contributed by atoms with van der Waals surface area (Å²) in [7, 11) is 1.18. The Morgan fingerprint density at radius 2 is 2.07 bits per heavy atom. The van der Waals surface area contributed by atoms with Gasteiger partial charge in [-0.15, -0.1) is 0 Å².